The molecule has 7 nitrogen and oxygen atoms in total. The number of hydrogen-bond acceptors (Lipinski definition) is 6. The van der Waals surface area contributed by atoms with Crippen LogP contribution >= 0.6 is 0 Å². The topological polar surface area (TPSA) is 97.1 Å². The van der Waals surface area contributed by atoms with E-state index in [-0.39, 0.29) is 5.75 Å². The molecule has 2 rings (SSSR count). The summed E-state index contributed by atoms with van der Waals surface area (Å²) < 4.78 is 30.5. The van der Waals surface area contributed by atoms with Crippen molar-refractivity contribution in [3.05, 3.63) is 12.2 Å². The van der Waals surface area contributed by atoms with Crippen molar-refractivity contribution in [2.24, 2.45) is 0 Å². The van der Waals surface area contributed by atoms with Gasteiger partial charge in [0.15, 0.2) is 5.82 Å². The van der Waals surface area contributed by atoms with Gasteiger partial charge in [0.25, 0.3) is 0 Å². The van der Waals surface area contributed by atoms with Crippen LogP contribution in [0.15, 0.2) is 10.9 Å². The Kier molecular flexibility index (Phi) is 5.29. The van der Waals surface area contributed by atoms with Crippen molar-refractivity contribution in [2.75, 3.05) is 18.8 Å². The summed E-state index contributed by atoms with van der Waals surface area (Å²) in [5.74, 6) is 0.683. The molecule has 0 aliphatic heterocycles. The molecule has 0 radical (unpaired) electrons. The van der Waals surface area contributed by atoms with Gasteiger partial charge in [-0.15, -0.1) is 0 Å². The molecule has 0 spiro atoms. The molecule has 1 heterocycles. The van der Waals surface area contributed by atoms with E-state index in [1.807, 2.05) is 0 Å². The normalized spacial score (nSPS) is 15.8. The van der Waals surface area contributed by atoms with Crippen LogP contribution in [0.3, 0.4) is 0 Å². The van der Waals surface area contributed by atoms with Gasteiger partial charge in [-0.1, -0.05) is 5.16 Å². The summed E-state index contributed by atoms with van der Waals surface area (Å²) in [5.41, 5.74) is 0. The Bertz CT molecular complexity index is 456. The van der Waals surface area contributed by atoms with Crippen molar-refractivity contribution in [1.82, 2.24) is 20.2 Å². The lowest BCUT2D eigenvalue weighted by Crippen LogP contribution is -2.29. The van der Waals surface area contributed by atoms with Gasteiger partial charge in [-0.2, -0.15) is 4.98 Å². The van der Waals surface area contributed by atoms with E-state index >= 15 is 0 Å². The van der Waals surface area contributed by atoms with Crippen molar-refractivity contribution >= 4 is 10.0 Å². The highest BCUT2D eigenvalue weighted by Crippen LogP contribution is 2.18. The van der Waals surface area contributed by atoms with Crippen LogP contribution in [-0.4, -0.2) is 43.4 Å². The van der Waals surface area contributed by atoms with E-state index in [0.717, 1.165) is 13.0 Å². The molecule has 0 amide bonds. The molecule has 0 unspecified atom stereocenters. The zero-order chi connectivity index (χ0) is 13.6. The second kappa shape index (κ2) is 6.97. The fraction of sp³-hybridized carbons (Fsp3) is 0.818. The van der Waals surface area contributed by atoms with Gasteiger partial charge in [0.1, 0.15) is 0 Å². The number of hydrogen-bond donors (Lipinski definition) is 2. The third-order valence-corrected chi connectivity index (χ3v) is 4.40. The lowest BCUT2D eigenvalue weighted by atomic mass is 10.3. The summed E-state index contributed by atoms with van der Waals surface area (Å²) in [4.78, 5) is 3.82. The number of sulfonamides is 1. The minimum absolute atomic E-state index is 0.172. The van der Waals surface area contributed by atoms with E-state index in [2.05, 4.69) is 24.7 Å². The molecular formula is C11H20N4O3S. The van der Waals surface area contributed by atoms with Gasteiger partial charge in [0.2, 0.25) is 16.4 Å². The first-order chi connectivity index (χ1) is 9.16. The summed E-state index contributed by atoms with van der Waals surface area (Å²) in [7, 11) is -3.18. The number of nitrogens with zero attached hydrogens (tertiary/aromatic N) is 2. The van der Waals surface area contributed by atoms with Gasteiger partial charge in [-0.3, -0.25) is 0 Å². The maximum absolute atomic E-state index is 11.7. The molecule has 0 bridgehead atoms. The van der Waals surface area contributed by atoms with E-state index in [4.69, 9.17) is 0 Å². The second-order valence-electron chi connectivity index (χ2n) is 4.75. The molecule has 1 saturated carbocycles. The quantitative estimate of drug-likeness (QED) is 0.591. The first-order valence-corrected chi connectivity index (χ1v) is 8.27. The standard InChI is InChI=1S/C11H20N4O3S/c16-19(17,8-2-1-6-12-10-3-4-10)14-7-5-11-13-9-18-15-11/h9-10,12,14H,1-8H2. The molecule has 0 aromatic carbocycles. The SMILES string of the molecule is O=S(=O)(CCCCNC1CC1)NCCc1ncon1. The molecule has 0 atom stereocenters. The molecule has 8 heteroatoms. The van der Waals surface area contributed by atoms with Crippen LogP contribution in [0.5, 0.6) is 0 Å². The monoisotopic (exact) mass is 288 g/mol. The zero-order valence-electron chi connectivity index (χ0n) is 10.8. The predicted octanol–water partition coefficient (Wildman–Crippen LogP) is 0.0637. The Morgan fingerprint density at radius 3 is 2.84 bits per heavy atom. The van der Waals surface area contributed by atoms with Crippen LogP contribution in [0.4, 0.5) is 0 Å². The maximum Gasteiger partial charge on any atom is 0.213 e. The summed E-state index contributed by atoms with van der Waals surface area (Å²) in [6.07, 6.45) is 5.76. The Morgan fingerprint density at radius 2 is 2.16 bits per heavy atom. The van der Waals surface area contributed by atoms with Gasteiger partial charge >= 0.3 is 0 Å². The molecule has 1 aromatic heterocycles. The minimum atomic E-state index is -3.18. The molecule has 1 aliphatic rings. The largest absolute Gasteiger partial charge is 0.343 e. The lowest BCUT2D eigenvalue weighted by molar-refractivity contribution is 0.409. The summed E-state index contributed by atoms with van der Waals surface area (Å²) >= 11 is 0. The average Bonchev–Trinajstić information content (AvgIpc) is 3.04. The van der Waals surface area contributed by atoms with Gasteiger partial charge in [0, 0.05) is 19.0 Å². The van der Waals surface area contributed by atoms with Crippen molar-refractivity contribution in [3.63, 3.8) is 0 Å². The Morgan fingerprint density at radius 1 is 1.32 bits per heavy atom. The average molecular weight is 288 g/mol. The third kappa shape index (κ3) is 6.13. The maximum atomic E-state index is 11.7. The number of rotatable bonds is 10. The Labute approximate surface area is 113 Å². The molecule has 1 fully saturated rings. The molecule has 1 aromatic rings. The highest BCUT2D eigenvalue weighted by molar-refractivity contribution is 7.89. The highest BCUT2D eigenvalue weighted by atomic mass is 32.2. The predicted molar refractivity (Wildman–Crippen MR) is 70.1 cm³/mol. The summed E-state index contributed by atoms with van der Waals surface area (Å²) in [5, 5.41) is 6.98. The molecule has 2 N–H and O–H groups in total. The van der Waals surface area contributed by atoms with Crippen LogP contribution in [0.2, 0.25) is 0 Å². The van der Waals surface area contributed by atoms with E-state index in [0.29, 0.717) is 31.3 Å². The summed E-state index contributed by atoms with van der Waals surface area (Å²) in [6, 6.07) is 0.685. The van der Waals surface area contributed by atoms with Gasteiger partial charge in [-0.25, -0.2) is 13.1 Å². The number of unbranched alkanes of at least 4 members (excludes halogenated alkanes) is 1. The Hall–Kier alpha value is -0.990. The first kappa shape index (κ1) is 14.4. The van der Waals surface area contributed by atoms with Crippen LogP contribution < -0.4 is 10.0 Å². The first-order valence-electron chi connectivity index (χ1n) is 6.62. The van der Waals surface area contributed by atoms with Crippen LogP contribution in [0.25, 0.3) is 0 Å². The molecule has 108 valence electrons. The zero-order valence-corrected chi connectivity index (χ0v) is 11.7. The fourth-order valence-electron chi connectivity index (χ4n) is 1.70. The summed E-state index contributed by atoms with van der Waals surface area (Å²) in [6.45, 7) is 1.21. The van der Waals surface area contributed by atoms with Crippen LogP contribution in [0, 0.1) is 0 Å². The molecular weight excluding hydrogens is 268 g/mol. The molecule has 19 heavy (non-hydrogen) atoms. The Balaban J connectivity index is 1.53. The van der Waals surface area contributed by atoms with Crippen molar-refractivity contribution in [1.29, 1.82) is 0 Å². The van der Waals surface area contributed by atoms with Gasteiger partial charge in [-0.05, 0) is 32.2 Å². The van der Waals surface area contributed by atoms with E-state index < -0.39 is 10.0 Å². The van der Waals surface area contributed by atoms with E-state index in [1.165, 1.54) is 19.2 Å². The van der Waals surface area contributed by atoms with Crippen LogP contribution in [0.1, 0.15) is 31.5 Å². The molecule has 0 saturated heterocycles. The van der Waals surface area contributed by atoms with Crippen molar-refractivity contribution < 1.29 is 12.9 Å². The lowest BCUT2D eigenvalue weighted by Gasteiger charge is -2.06. The smallest absolute Gasteiger partial charge is 0.213 e. The van der Waals surface area contributed by atoms with Crippen molar-refractivity contribution in [2.45, 2.75) is 38.1 Å². The van der Waals surface area contributed by atoms with E-state index in [9.17, 15) is 8.42 Å². The molecule has 1 aliphatic carbocycles. The second-order valence-corrected chi connectivity index (χ2v) is 6.67. The van der Waals surface area contributed by atoms with Crippen LogP contribution in [-0.2, 0) is 16.4 Å². The van der Waals surface area contributed by atoms with E-state index in [1.54, 1.807) is 0 Å². The number of nitrogens with one attached hydrogen (secondary N) is 2. The number of aromatic nitrogens is 2. The fourth-order valence-corrected chi connectivity index (χ4v) is 2.85. The highest BCUT2D eigenvalue weighted by Gasteiger charge is 2.19. The van der Waals surface area contributed by atoms with Gasteiger partial charge in [0.05, 0.1) is 5.75 Å². The minimum Gasteiger partial charge on any atom is -0.343 e. The van der Waals surface area contributed by atoms with Crippen molar-refractivity contribution in [3.8, 4) is 0 Å². The third-order valence-electron chi connectivity index (χ3n) is 2.93. The van der Waals surface area contributed by atoms with Gasteiger partial charge < -0.3 is 9.84 Å².